The largest absolute Gasteiger partial charge is 0.476 e. The van der Waals surface area contributed by atoms with Gasteiger partial charge in [-0.15, -0.1) is 0 Å². The summed E-state index contributed by atoms with van der Waals surface area (Å²) < 4.78 is 5.61. The van der Waals surface area contributed by atoms with Crippen LogP contribution >= 0.6 is 0 Å². The molecule has 0 bridgehead atoms. The molecule has 0 radical (unpaired) electrons. The summed E-state index contributed by atoms with van der Waals surface area (Å²) >= 11 is 0. The van der Waals surface area contributed by atoms with Crippen LogP contribution in [0.15, 0.2) is 12.1 Å². The molecule has 0 spiro atoms. The highest BCUT2D eigenvalue weighted by molar-refractivity contribution is 5.54. The quantitative estimate of drug-likeness (QED) is 0.855. The molecule has 0 saturated carbocycles. The molecule has 0 aromatic carbocycles. The number of pyridine rings is 1. The third-order valence-corrected chi connectivity index (χ3v) is 2.56. The Morgan fingerprint density at radius 2 is 1.94 bits per heavy atom. The summed E-state index contributed by atoms with van der Waals surface area (Å²) in [6.45, 7) is 9.06. The molecule has 17 heavy (non-hydrogen) atoms. The van der Waals surface area contributed by atoms with Crippen LogP contribution in [-0.4, -0.2) is 24.7 Å². The van der Waals surface area contributed by atoms with E-state index in [2.05, 4.69) is 37.6 Å². The highest BCUT2D eigenvalue weighted by Gasteiger charge is 2.10. The standard InChI is InChI=1S/C13H23N3O/c1-9(2)8-17-13-11(14)6-7-12(15-13)16(5)10(3)4/h6-7,9-10H,8,14H2,1-5H3. The van der Waals surface area contributed by atoms with Gasteiger partial charge < -0.3 is 15.4 Å². The Balaban J connectivity index is 2.86. The Morgan fingerprint density at radius 3 is 2.47 bits per heavy atom. The van der Waals surface area contributed by atoms with E-state index in [-0.39, 0.29) is 0 Å². The molecule has 0 unspecified atom stereocenters. The molecule has 0 saturated heterocycles. The molecule has 2 N–H and O–H groups in total. The third-order valence-electron chi connectivity index (χ3n) is 2.56. The number of hydrogen-bond acceptors (Lipinski definition) is 4. The van der Waals surface area contributed by atoms with Gasteiger partial charge in [-0.3, -0.25) is 0 Å². The fraction of sp³-hybridized carbons (Fsp3) is 0.615. The predicted octanol–water partition coefficient (Wildman–Crippen LogP) is 2.54. The zero-order chi connectivity index (χ0) is 13.0. The second kappa shape index (κ2) is 5.75. The summed E-state index contributed by atoms with van der Waals surface area (Å²) in [4.78, 5) is 6.53. The van der Waals surface area contributed by atoms with Crippen molar-refractivity contribution in [3.05, 3.63) is 12.1 Å². The number of nitrogens with two attached hydrogens (primary N) is 1. The van der Waals surface area contributed by atoms with E-state index in [0.717, 1.165) is 5.82 Å². The summed E-state index contributed by atoms with van der Waals surface area (Å²) in [6.07, 6.45) is 0. The molecule has 96 valence electrons. The zero-order valence-corrected chi connectivity index (χ0v) is 11.4. The number of nitrogen functional groups attached to an aromatic ring is 1. The van der Waals surface area contributed by atoms with Gasteiger partial charge in [0.25, 0.3) is 0 Å². The molecule has 1 heterocycles. The van der Waals surface area contributed by atoms with Crippen molar-refractivity contribution in [3.63, 3.8) is 0 Å². The Morgan fingerprint density at radius 1 is 1.29 bits per heavy atom. The first-order valence-corrected chi connectivity index (χ1v) is 6.04. The van der Waals surface area contributed by atoms with Crippen LogP contribution in [0, 0.1) is 5.92 Å². The predicted molar refractivity (Wildman–Crippen MR) is 72.5 cm³/mol. The van der Waals surface area contributed by atoms with Gasteiger partial charge in [0.1, 0.15) is 5.82 Å². The summed E-state index contributed by atoms with van der Waals surface area (Å²) in [5.41, 5.74) is 6.44. The molecule has 4 nitrogen and oxygen atoms in total. The topological polar surface area (TPSA) is 51.4 Å². The van der Waals surface area contributed by atoms with Crippen LogP contribution in [0.4, 0.5) is 11.5 Å². The molecule has 0 aliphatic carbocycles. The molecular formula is C13H23N3O. The monoisotopic (exact) mass is 237 g/mol. The average Bonchev–Trinajstić information content (AvgIpc) is 2.26. The van der Waals surface area contributed by atoms with Crippen molar-refractivity contribution in [2.75, 3.05) is 24.3 Å². The maximum absolute atomic E-state index is 5.85. The van der Waals surface area contributed by atoms with Crippen molar-refractivity contribution >= 4 is 11.5 Å². The molecule has 1 rings (SSSR count). The minimum atomic E-state index is 0.393. The number of anilines is 2. The molecule has 0 atom stereocenters. The second-order valence-electron chi connectivity index (χ2n) is 4.97. The molecule has 0 fully saturated rings. The molecule has 1 aromatic rings. The maximum Gasteiger partial charge on any atom is 0.239 e. The fourth-order valence-electron chi connectivity index (χ4n) is 1.26. The van der Waals surface area contributed by atoms with E-state index in [4.69, 9.17) is 10.5 Å². The minimum absolute atomic E-state index is 0.393. The van der Waals surface area contributed by atoms with Crippen molar-refractivity contribution in [3.8, 4) is 5.88 Å². The SMILES string of the molecule is CC(C)COc1nc(N(C)C(C)C)ccc1N. The van der Waals surface area contributed by atoms with E-state index in [1.807, 2.05) is 19.2 Å². The summed E-state index contributed by atoms with van der Waals surface area (Å²) in [5.74, 6) is 1.87. The van der Waals surface area contributed by atoms with E-state index in [1.165, 1.54) is 0 Å². The van der Waals surface area contributed by atoms with Gasteiger partial charge in [0.05, 0.1) is 12.3 Å². The van der Waals surface area contributed by atoms with Crippen LogP contribution in [0.3, 0.4) is 0 Å². The summed E-state index contributed by atoms with van der Waals surface area (Å²) in [6, 6.07) is 4.15. The van der Waals surface area contributed by atoms with E-state index in [1.54, 1.807) is 0 Å². The number of nitrogens with zero attached hydrogens (tertiary/aromatic N) is 2. The van der Waals surface area contributed by atoms with Gasteiger partial charge in [0.2, 0.25) is 5.88 Å². The van der Waals surface area contributed by atoms with Crippen molar-refractivity contribution in [1.82, 2.24) is 4.98 Å². The van der Waals surface area contributed by atoms with Crippen LogP contribution in [0.5, 0.6) is 5.88 Å². The lowest BCUT2D eigenvalue weighted by molar-refractivity contribution is 0.263. The third kappa shape index (κ3) is 3.80. The summed E-state index contributed by atoms with van der Waals surface area (Å²) in [5, 5.41) is 0. The second-order valence-corrected chi connectivity index (χ2v) is 4.97. The number of aromatic nitrogens is 1. The lowest BCUT2D eigenvalue weighted by Crippen LogP contribution is -2.26. The van der Waals surface area contributed by atoms with Gasteiger partial charge in [-0.05, 0) is 31.9 Å². The smallest absolute Gasteiger partial charge is 0.239 e. The average molecular weight is 237 g/mol. The van der Waals surface area contributed by atoms with Crippen molar-refractivity contribution < 1.29 is 4.74 Å². The van der Waals surface area contributed by atoms with Crippen LogP contribution in [0.1, 0.15) is 27.7 Å². The van der Waals surface area contributed by atoms with Crippen LogP contribution in [-0.2, 0) is 0 Å². The lowest BCUT2D eigenvalue weighted by Gasteiger charge is -2.23. The first kappa shape index (κ1) is 13.6. The molecule has 0 aliphatic rings. The number of rotatable bonds is 5. The van der Waals surface area contributed by atoms with Gasteiger partial charge in [0.15, 0.2) is 0 Å². The normalized spacial score (nSPS) is 11.0. The van der Waals surface area contributed by atoms with Crippen molar-refractivity contribution in [2.24, 2.45) is 5.92 Å². The maximum atomic E-state index is 5.85. The Labute approximate surface area is 104 Å². The first-order chi connectivity index (χ1) is 7.91. The van der Waals surface area contributed by atoms with Gasteiger partial charge >= 0.3 is 0 Å². The van der Waals surface area contributed by atoms with Gasteiger partial charge in [0, 0.05) is 13.1 Å². The van der Waals surface area contributed by atoms with Crippen molar-refractivity contribution in [1.29, 1.82) is 0 Å². The molecule has 4 heteroatoms. The minimum Gasteiger partial charge on any atom is -0.476 e. The van der Waals surface area contributed by atoms with Crippen molar-refractivity contribution in [2.45, 2.75) is 33.7 Å². The summed E-state index contributed by atoms with van der Waals surface area (Å²) in [7, 11) is 2.01. The Kier molecular flexibility index (Phi) is 4.61. The van der Waals surface area contributed by atoms with Crippen LogP contribution in [0.2, 0.25) is 0 Å². The number of ether oxygens (including phenoxy) is 1. The van der Waals surface area contributed by atoms with Crippen LogP contribution < -0.4 is 15.4 Å². The first-order valence-electron chi connectivity index (χ1n) is 6.04. The number of hydrogen-bond donors (Lipinski definition) is 1. The fourth-order valence-corrected chi connectivity index (χ4v) is 1.26. The van der Waals surface area contributed by atoms with Gasteiger partial charge in [-0.1, -0.05) is 13.8 Å². The molecule has 1 aromatic heterocycles. The molecule has 0 amide bonds. The van der Waals surface area contributed by atoms with E-state index >= 15 is 0 Å². The zero-order valence-electron chi connectivity index (χ0n) is 11.4. The van der Waals surface area contributed by atoms with Gasteiger partial charge in [-0.2, -0.15) is 4.98 Å². The lowest BCUT2D eigenvalue weighted by atomic mass is 10.2. The van der Waals surface area contributed by atoms with E-state index < -0.39 is 0 Å². The highest BCUT2D eigenvalue weighted by atomic mass is 16.5. The Hall–Kier alpha value is -1.45. The van der Waals surface area contributed by atoms with Gasteiger partial charge in [-0.25, -0.2) is 0 Å². The molecular weight excluding hydrogens is 214 g/mol. The highest BCUT2D eigenvalue weighted by Crippen LogP contribution is 2.23. The van der Waals surface area contributed by atoms with E-state index in [0.29, 0.717) is 30.1 Å². The Bertz CT molecular complexity index is 364. The van der Waals surface area contributed by atoms with Crippen LogP contribution in [0.25, 0.3) is 0 Å². The van der Waals surface area contributed by atoms with E-state index in [9.17, 15) is 0 Å². The molecule has 0 aliphatic heterocycles.